The van der Waals surface area contributed by atoms with E-state index in [1.54, 1.807) is 0 Å². The Morgan fingerprint density at radius 3 is 2.80 bits per heavy atom. The Hall–Kier alpha value is -2.04. The van der Waals surface area contributed by atoms with Gasteiger partial charge in [-0.05, 0) is 24.5 Å². The molecule has 3 atom stereocenters. The minimum absolute atomic E-state index is 0.0978. The van der Waals surface area contributed by atoms with Crippen LogP contribution in [0.3, 0.4) is 0 Å². The maximum Gasteiger partial charge on any atom is 0.308 e. The van der Waals surface area contributed by atoms with Crippen LogP contribution in [0.2, 0.25) is 0 Å². The normalized spacial score (nSPS) is 27.7. The summed E-state index contributed by atoms with van der Waals surface area (Å²) in [6, 6.07) is 7.33. The molecule has 3 rings (SSSR count). The van der Waals surface area contributed by atoms with Crippen LogP contribution in [0.25, 0.3) is 0 Å². The van der Waals surface area contributed by atoms with Gasteiger partial charge in [-0.1, -0.05) is 24.6 Å². The molecule has 0 bridgehead atoms. The van der Waals surface area contributed by atoms with E-state index in [1.165, 1.54) is 0 Å². The Labute approximate surface area is 117 Å². The third-order valence-corrected chi connectivity index (χ3v) is 4.25. The number of aliphatic carboxylic acids is 1. The third kappa shape index (κ3) is 2.35. The Bertz CT molecular complexity index is 519. The van der Waals surface area contributed by atoms with Crippen LogP contribution >= 0.6 is 0 Å². The quantitative estimate of drug-likeness (QED) is 0.778. The van der Waals surface area contributed by atoms with Crippen molar-refractivity contribution in [1.82, 2.24) is 5.32 Å². The van der Waals surface area contributed by atoms with Crippen LogP contribution in [0.15, 0.2) is 24.3 Å². The van der Waals surface area contributed by atoms with Crippen molar-refractivity contribution in [2.24, 2.45) is 5.92 Å². The number of hydrogen-bond donors (Lipinski definition) is 3. The second kappa shape index (κ2) is 5.15. The fourth-order valence-electron chi connectivity index (χ4n) is 3.17. The first-order valence-corrected chi connectivity index (χ1v) is 7.03. The monoisotopic (exact) mass is 274 g/mol. The SMILES string of the molecule is O=C(O)C1CCCC1NC(=O)[C@@H]1Cc2ccccc2N1. The summed E-state index contributed by atoms with van der Waals surface area (Å²) in [5.41, 5.74) is 2.13. The van der Waals surface area contributed by atoms with Crippen molar-refractivity contribution in [1.29, 1.82) is 0 Å². The number of rotatable bonds is 3. The van der Waals surface area contributed by atoms with Crippen molar-refractivity contribution >= 4 is 17.6 Å². The maximum atomic E-state index is 12.3. The second-order valence-electron chi connectivity index (χ2n) is 5.55. The number of hydrogen-bond acceptors (Lipinski definition) is 3. The summed E-state index contributed by atoms with van der Waals surface area (Å²) in [6.07, 6.45) is 2.92. The fourth-order valence-corrected chi connectivity index (χ4v) is 3.17. The molecule has 0 spiro atoms. The van der Waals surface area contributed by atoms with Gasteiger partial charge in [0, 0.05) is 18.2 Å². The Morgan fingerprint density at radius 1 is 1.25 bits per heavy atom. The molecule has 0 radical (unpaired) electrons. The third-order valence-electron chi connectivity index (χ3n) is 4.25. The molecule has 0 saturated heterocycles. The lowest BCUT2D eigenvalue weighted by molar-refractivity contribution is -0.142. The second-order valence-corrected chi connectivity index (χ2v) is 5.55. The van der Waals surface area contributed by atoms with E-state index < -0.39 is 11.9 Å². The number of nitrogens with one attached hydrogen (secondary N) is 2. The van der Waals surface area contributed by atoms with E-state index in [1.807, 2.05) is 24.3 Å². The van der Waals surface area contributed by atoms with Gasteiger partial charge in [0.25, 0.3) is 0 Å². The highest BCUT2D eigenvalue weighted by Gasteiger charge is 2.36. The zero-order valence-corrected chi connectivity index (χ0v) is 11.1. The summed E-state index contributed by atoms with van der Waals surface area (Å²) in [5.74, 6) is -1.35. The largest absolute Gasteiger partial charge is 0.481 e. The zero-order chi connectivity index (χ0) is 14.1. The molecule has 2 aliphatic rings. The lowest BCUT2D eigenvalue weighted by Crippen LogP contribution is -2.46. The number of carboxylic acids is 1. The maximum absolute atomic E-state index is 12.3. The van der Waals surface area contributed by atoms with Crippen LogP contribution in [-0.4, -0.2) is 29.1 Å². The average Bonchev–Trinajstić information content (AvgIpc) is 3.03. The molecule has 1 aliphatic heterocycles. The fraction of sp³-hybridized carbons (Fsp3) is 0.467. The van der Waals surface area contributed by atoms with Gasteiger partial charge in [-0.3, -0.25) is 9.59 Å². The molecule has 1 amide bonds. The first-order valence-electron chi connectivity index (χ1n) is 7.03. The van der Waals surface area contributed by atoms with Crippen LogP contribution in [0, 0.1) is 5.92 Å². The summed E-state index contributed by atoms with van der Waals surface area (Å²) < 4.78 is 0. The molecular formula is C15H18N2O3. The average molecular weight is 274 g/mol. The molecule has 1 aromatic rings. The number of benzene rings is 1. The summed E-state index contributed by atoms with van der Waals surface area (Å²) in [5, 5.41) is 15.2. The van der Waals surface area contributed by atoms with Gasteiger partial charge in [0.1, 0.15) is 6.04 Å². The zero-order valence-electron chi connectivity index (χ0n) is 11.1. The molecule has 5 heteroatoms. The van der Waals surface area contributed by atoms with E-state index in [0.29, 0.717) is 12.8 Å². The highest BCUT2D eigenvalue weighted by molar-refractivity contribution is 5.88. The number of amides is 1. The van der Waals surface area contributed by atoms with Crippen molar-refractivity contribution < 1.29 is 14.7 Å². The molecule has 20 heavy (non-hydrogen) atoms. The first-order chi connectivity index (χ1) is 9.65. The van der Waals surface area contributed by atoms with Gasteiger partial charge in [0.15, 0.2) is 0 Å². The van der Waals surface area contributed by atoms with E-state index in [0.717, 1.165) is 24.1 Å². The molecule has 106 valence electrons. The van der Waals surface area contributed by atoms with E-state index in [9.17, 15) is 9.59 Å². The number of carboxylic acid groups (broad SMARTS) is 1. The molecule has 0 aromatic heterocycles. The smallest absolute Gasteiger partial charge is 0.308 e. The highest BCUT2D eigenvalue weighted by atomic mass is 16.4. The van der Waals surface area contributed by atoms with Crippen molar-refractivity contribution in [3.8, 4) is 0 Å². The van der Waals surface area contributed by atoms with Crippen molar-refractivity contribution in [3.63, 3.8) is 0 Å². The summed E-state index contributed by atoms with van der Waals surface area (Å²) in [4.78, 5) is 23.4. The highest BCUT2D eigenvalue weighted by Crippen LogP contribution is 2.28. The Kier molecular flexibility index (Phi) is 3.34. The van der Waals surface area contributed by atoms with Crippen LogP contribution in [0.1, 0.15) is 24.8 Å². The van der Waals surface area contributed by atoms with Gasteiger partial charge >= 0.3 is 5.97 Å². The van der Waals surface area contributed by atoms with Crippen LogP contribution < -0.4 is 10.6 Å². The standard InChI is InChI=1S/C15H18N2O3/c18-14(17-12-7-3-5-10(12)15(19)20)13-8-9-4-1-2-6-11(9)16-13/h1-2,4,6,10,12-13,16H,3,5,7-8H2,(H,17,18)(H,19,20)/t10?,12?,13-/m0/s1. The van der Waals surface area contributed by atoms with Gasteiger partial charge in [0.05, 0.1) is 5.92 Å². The van der Waals surface area contributed by atoms with Gasteiger partial charge in [0.2, 0.25) is 5.91 Å². The van der Waals surface area contributed by atoms with Crippen LogP contribution in [-0.2, 0) is 16.0 Å². The van der Waals surface area contributed by atoms with Gasteiger partial charge in [-0.2, -0.15) is 0 Å². The topological polar surface area (TPSA) is 78.4 Å². The molecule has 2 unspecified atom stereocenters. The molecule has 1 aromatic carbocycles. The van der Waals surface area contributed by atoms with Crippen molar-refractivity contribution in [2.75, 3.05) is 5.32 Å². The van der Waals surface area contributed by atoms with Crippen LogP contribution in [0.5, 0.6) is 0 Å². The predicted octanol–water partition coefficient (Wildman–Crippen LogP) is 1.39. The van der Waals surface area contributed by atoms with Crippen LogP contribution in [0.4, 0.5) is 5.69 Å². The van der Waals surface area contributed by atoms with Gasteiger partial charge in [-0.25, -0.2) is 0 Å². The predicted molar refractivity (Wildman–Crippen MR) is 74.5 cm³/mol. The number of carbonyl (C=O) groups excluding carboxylic acids is 1. The number of para-hydroxylation sites is 1. The molecule has 1 aliphatic carbocycles. The lowest BCUT2D eigenvalue weighted by atomic mass is 10.0. The molecule has 1 heterocycles. The molecule has 1 fully saturated rings. The van der Waals surface area contributed by atoms with Gasteiger partial charge < -0.3 is 15.7 Å². The summed E-state index contributed by atoms with van der Waals surface area (Å²) >= 11 is 0. The minimum atomic E-state index is -0.810. The molecule has 5 nitrogen and oxygen atoms in total. The van der Waals surface area contributed by atoms with Crippen molar-refractivity contribution in [3.05, 3.63) is 29.8 Å². The lowest BCUT2D eigenvalue weighted by Gasteiger charge is -2.20. The number of fused-ring (bicyclic) bond motifs is 1. The summed E-state index contributed by atoms with van der Waals surface area (Å²) in [6.45, 7) is 0. The van der Waals surface area contributed by atoms with Gasteiger partial charge in [-0.15, -0.1) is 0 Å². The molecule has 3 N–H and O–H groups in total. The first kappa shape index (κ1) is 13.0. The molecular weight excluding hydrogens is 256 g/mol. The minimum Gasteiger partial charge on any atom is -0.481 e. The summed E-state index contributed by atoms with van der Waals surface area (Å²) in [7, 11) is 0. The molecule has 1 saturated carbocycles. The van der Waals surface area contributed by atoms with E-state index in [4.69, 9.17) is 5.11 Å². The van der Waals surface area contributed by atoms with E-state index >= 15 is 0 Å². The number of carbonyl (C=O) groups is 2. The van der Waals surface area contributed by atoms with E-state index in [2.05, 4.69) is 10.6 Å². The Balaban J connectivity index is 1.63. The Morgan fingerprint density at radius 2 is 2.05 bits per heavy atom. The van der Waals surface area contributed by atoms with E-state index in [-0.39, 0.29) is 18.0 Å². The van der Waals surface area contributed by atoms with Crippen molar-refractivity contribution in [2.45, 2.75) is 37.8 Å². The number of anilines is 1.